The van der Waals surface area contributed by atoms with Gasteiger partial charge in [0.05, 0.1) is 12.2 Å². The molecule has 0 unspecified atom stereocenters. The lowest BCUT2D eigenvalue weighted by Gasteiger charge is -2.40. The highest BCUT2D eigenvalue weighted by Gasteiger charge is 2.47. The van der Waals surface area contributed by atoms with Crippen molar-refractivity contribution in [3.05, 3.63) is 24.3 Å². The lowest BCUT2D eigenvalue weighted by atomic mass is 9.90. The van der Waals surface area contributed by atoms with Crippen molar-refractivity contribution in [2.24, 2.45) is 11.8 Å². The SMILES string of the molecule is CCCCC[C@@H](/C=C/[C@H]1[C@H](O[Si](C)(C)C(C)(C)C)CC(=O)[C@@H]1C/C=C\CCCC(=O)O)O[Si](C)(C)C(C)(C)C. The summed E-state index contributed by atoms with van der Waals surface area (Å²) in [4.78, 5) is 24.1. The van der Waals surface area contributed by atoms with E-state index in [0.717, 1.165) is 19.3 Å². The maximum atomic E-state index is 13.3. The molecule has 1 aliphatic carbocycles. The number of allylic oxidation sites excluding steroid dienone is 2. The van der Waals surface area contributed by atoms with Gasteiger partial charge in [-0.3, -0.25) is 9.59 Å². The number of rotatable bonds is 16. The average molecular weight is 581 g/mol. The molecule has 0 radical (unpaired) electrons. The van der Waals surface area contributed by atoms with E-state index in [4.69, 9.17) is 14.0 Å². The van der Waals surface area contributed by atoms with Crippen molar-refractivity contribution in [1.82, 2.24) is 0 Å². The molecule has 39 heavy (non-hydrogen) atoms. The Labute approximate surface area is 242 Å². The lowest BCUT2D eigenvalue weighted by Crippen LogP contribution is -2.45. The molecule has 1 fully saturated rings. The predicted octanol–water partition coefficient (Wildman–Crippen LogP) is 9.31. The Hall–Kier alpha value is -1.03. The molecule has 0 aliphatic heterocycles. The smallest absolute Gasteiger partial charge is 0.303 e. The van der Waals surface area contributed by atoms with E-state index in [1.165, 1.54) is 12.8 Å². The molecule has 1 saturated carbocycles. The highest BCUT2D eigenvalue weighted by Crippen LogP contribution is 2.43. The van der Waals surface area contributed by atoms with Gasteiger partial charge in [-0.1, -0.05) is 92.0 Å². The van der Waals surface area contributed by atoms with Gasteiger partial charge in [0, 0.05) is 24.7 Å². The monoisotopic (exact) mass is 580 g/mol. The number of unbranched alkanes of at least 4 members (excludes halogenated alkanes) is 3. The minimum absolute atomic E-state index is 0.0204. The number of carboxylic acids is 1. The van der Waals surface area contributed by atoms with E-state index in [1.54, 1.807) is 0 Å². The van der Waals surface area contributed by atoms with Crippen molar-refractivity contribution in [1.29, 1.82) is 0 Å². The Morgan fingerprint density at radius 3 is 2.15 bits per heavy atom. The first-order valence-corrected chi connectivity index (χ1v) is 21.1. The molecule has 5 nitrogen and oxygen atoms in total. The van der Waals surface area contributed by atoms with Gasteiger partial charge in [-0.15, -0.1) is 0 Å². The topological polar surface area (TPSA) is 72.8 Å². The first kappa shape index (κ1) is 36.0. The molecule has 0 spiro atoms. The summed E-state index contributed by atoms with van der Waals surface area (Å²) in [7, 11) is -4.01. The van der Waals surface area contributed by atoms with Crippen LogP contribution in [0.3, 0.4) is 0 Å². The maximum Gasteiger partial charge on any atom is 0.303 e. The molecule has 0 heterocycles. The molecule has 0 aromatic heterocycles. The molecule has 1 aliphatic rings. The number of ketones is 1. The minimum Gasteiger partial charge on any atom is -0.481 e. The average Bonchev–Trinajstić information content (AvgIpc) is 3.05. The Morgan fingerprint density at radius 1 is 1.00 bits per heavy atom. The van der Waals surface area contributed by atoms with Gasteiger partial charge in [0.1, 0.15) is 5.78 Å². The fraction of sp³-hybridized carbons (Fsp3) is 0.812. The van der Waals surface area contributed by atoms with Crippen molar-refractivity contribution in [2.75, 3.05) is 0 Å². The first-order chi connectivity index (χ1) is 17.8. The summed E-state index contributed by atoms with van der Waals surface area (Å²) in [6.07, 6.45) is 15.7. The molecule has 0 amide bonds. The zero-order valence-corrected chi connectivity index (χ0v) is 29.1. The summed E-state index contributed by atoms with van der Waals surface area (Å²) < 4.78 is 13.8. The first-order valence-electron chi connectivity index (χ1n) is 15.3. The van der Waals surface area contributed by atoms with E-state index >= 15 is 0 Å². The zero-order valence-electron chi connectivity index (χ0n) is 27.1. The third kappa shape index (κ3) is 11.8. The Kier molecular flexibility index (Phi) is 14.1. The Bertz CT molecular complexity index is 832. The van der Waals surface area contributed by atoms with Crippen LogP contribution in [0.15, 0.2) is 24.3 Å². The molecule has 0 bridgehead atoms. The van der Waals surface area contributed by atoms with Crippen LogP contribution in [0.5, 0.6) is 0 Å². The fourth-order valence-corrected chi connectivity index (χ4v) is 7.17. The van der Waals surface area contributed by atoms with Crippen LogP contribution in [-0.2, 0) is 18.4 Å². The van der Waals surface area contributed by atoms with Crippen molar-refractivity contribution < 1.29 is 23.5 Å². The van der Waals surface area contributed by atoms with Crippen LogP contribution in [0, 0.1) is 11.8 Å². The van der Waals surface area contributed by atoms with E-state index in [0.29, 0.717) is 19.3 Å². The number of hydrogen-bond donors (Lipinski definition) is 1. The summed E-state index contributed by atoms with van der Waals surface area (Å²) in [6.45, 7) is 25.0. The second-order valence-electron chi connectivity index (χ2n) is 14.6. The quantitative estimate of drug-likeness (QED) is 0.112. The third-order valence-corrected chi connectivity index (χ3v) is 18.2. The summed E-state index contributed by atoms with van der Waals surface area (Å²) in [5, 5.41) is 9.09. The Morgan fingerprint density at radius 2 is 1.62 bits per heavy atom. The summed E-state index contributed by atoms with van der Waals surface area (Å²) >= 11 is 0. The van der Waals surface area contributed by atoms with Crippen molar-refractivity contribution in [3.8, 4) is 0 Å². The highest BCUT2D eigenvalue weighted by molar-refractivity contribution is 6.74. The number of carbonyl (C=O) groups excluding carboxylic acids is 1. The van der Waals surface area contributed by atoms with Crippen LogP contribution in [0.2, 0.25) is 36.3 Å². The van der Waals surface area contributed by atoms with Crippen LogP contribution < -0.4 is 0 Å². The number of Topliss-reactive ketones (excluding diaryl/α,β-unsaturated/α-hetero) is 1. The Balaban J connectivity index is 3.23. The minimum atomic E-state index is -2.06. The van der Waals surface area contributed by atoms with Crippen LogP contribution in [0.4, 0.5) is 0 Å². The van der Waals surface area contributed by atoms with Gasteiger partial charge in [0.25, 0.3) is 0 Å². The summed E-state index contributed by atoms with van der Waals surface area (Å²) in [6, 6.07) is 0. The number of hydrogen-bond acceptors (Lipinski definition) is 4. The van der Waals surface area contributed by atoms with Crippen molar-refractivity contribution in [2.45, 2.75) is 155 Å². The summed E-state index contributed by atoms with van der Waals surface area (Å²) in [5.41, 5.74) is 0. The van der Waals surface area contributed by atoms with Gasteiger partial charge in [-0.25, -0.2) is 0 Å². The largest absolute Gasteiger partial charge is 0.481 e. The molecule has 0 saturated heterocycles. The van der Waals surface area contributed by atoms with Crippen LogP contribution >= 0.6 is 0 Å². The number of aliphatic carboxylic acids is 1. The lowest BCUT2D eigenvalue weighted by molar-refractivity contribution is -0.137. The van der Waals surface area contributed by atoms with E-state index in [9.17, 15) is 9.59 Å². The van der Waals surface area contributed by atoms with Gasteiger partial charge in [-0.05, 0) is 61.9 Å². The third-order valence-electron chi connectivity index (χ3n) is 9.17. The van der Waals surface area contributed by atoms with Gasteiger partial charge >= 0.3 is 5.97 Å². The highest BCUT2D eigenvalue weighted by atomic mass is 28.4. The maximum absolute atomic E-state index is 13.3. The van der Waals surface area contributed by atoms with Crippen LogP contribution in [0.1, 0.15) is 106 Å². The molecule has 4 atom stereocenters. The fourth-order valence-electron chi connectivity index (χ4n) is 4.51. The molecule has 226 valence electrons. The van der Waals surface area contributed by atoms with Crippen molar-refractivity contribution >= 4 is 28.4 Å². The van der Waals surface area contributed by atoms with E-state index in [1.807, 2.05) is 6.08 Å². The van der Waals surface area contributed by atoms with Gasteiger partial charge in [0.2, 0.25) is 0 Å². The van der Waals surface area contributed by atoms with Gasteiger partial charge in [-0.2, -0.15) is 0 Å². The molecule has 0 aromatic rings. The van der Waals surface area contributed by atoms with Gasteiger partial charge in [0.15, 0.2) is 16.6 Å². The molecule has 0 aromatic carbocycles. The molecule has 1 N–H and O–H groups in total. The molecule has 7 heteroatoms. The van der Waals surface area contributed by atoms with Gasteiger partial charge < -0.3 is 14.0 Å². The van der Waals surface area contributed by atoms with E-state index in [-0.39, 0.29) is 46.3 Å². The molecular formula is C32H60O5Si2. The van der Waals surface area contributed by atoms with E-state index < -0.39 is 22.6 Å². The standard InChI is InChI=1S/C32H60O5Si2/c1-12-13-16-19-25(36-38(8,9)31(2,3)4)22-23-27-26(20-17-14-15-18-21-30(34)35)28(33)24-29(27)37-39(10,11)32(5,6)7/h14,17,22-23,25-27,29H,12-13,15-16,18-21,24H2,1-11H3,(H,34,35)/b17-14-,23-22+/t25-,26+,27+,29+/m0/s1. The van der Waals surface area contributed by atoms with Crippen LogP contribution in [-0.4, -0.2) is 45.7 Å². The molecule has 1 rings (SSSR count). The summed E-state index contributed by atoms with van der Waals surface area (Å²) in [5.74, 6) is -0.585. The predicted molar refractivity (Wildman–Crippen MR) is 169 cm³/mol. The van der Waals surface area contributed by atoms with Crippen LogP contribution in [0.25, 0.3) is 0 Å². The zero-order chi connectivity index (χ0) is 30.1. The van der Waals surface area contributed by atoms with E-state index in [2.05, 4.69) is 92.9 Å². The molecular weight excluding hydrogens is 521 g/mol. The number of carboxylic acid groups (broad SMARTS) is 1. The second-order valence-corrected chi connectivity index (χ2v) is 24.1. The number of carbonyl (C=O) groups is 2. The second kappa shape index (κ2) is 15.3. The van der Waals surface area contributed by atoms with Crippen molar-refractivity contribution in [3.63, 3.8) is 0 Å². The normalized spacial score (nSPS) is 22.3.